The van der Waals surface area contributed by atoms with E-state index < -0.39 is 5.97 Å². The number of benzene rings is 2. The summed E-state index contributed by atoms with van der Waals surface area (Å²) in [5.41, 5.74) is 2.43. The first kappa shape index (κ1) is 24.3. The second-order valence-corrected chi connectivity index (χ2v) is 9.88. The lowest BCUT2D eigenvalue weighted by Gasteiger charge is -2.13. The van der Waals surface area contributed by atoms with Crippen molar-refractivity contribution in [3.63, 3.8) is 0 Å². The van der Waals surface area contributed by atoms with Crippen LogP contribution in [0.4, 0.5) is 0 Å². The number of nitrogens with zero attached hydrogens (tertiary/aromatic N) is 2. The Morgan fingerprint density at radius 2 is 1.79 bits per heavy atom. The number of aromatic nitrogens is 2. The summed E-state index contributed by atoms with van der Waals surface area (Å²) in [7, 11) is 1.61. The number of esters is 1. The number of ether oxygens (including phenoxy) is 2. The van der Waals surface area contributed by atoms with Gasteiger partial charge in [-0.1, -0.05) is 47.6 Å². The lowest BCUT2D eigenvalue weighted by molar-refractivity contribution is 0.0531. The summed E-state index contributed by atoms with van der Waals surface area (Å²) in [5, 5.41) is 1.71. The van der Waals surface area contributed by atoms with E-state index in [1.807, 2.05) is 48.5 Å². The van der Waals surface area contributed by atoms with Crippen LogP contribution in [-0.4, -0.2) is 29.2 Å². The van der Waals surface area contributed by atoms with Gasteiger partial charge in [-0.2, -0.15) is 0 Å². The average Bonchev–Trinajstić information content (AvgIpc) is 3.17. The van der Waals surface area contributed by atoms with E-state index in [4.69, 9.17) is 26.1 Å². The van der Waals surface area contributed by atoms with Crippen molar-refractivity contribution in [1.82, 2.24) is 9.55 Å². The SMILES string of the molecule is CCOC(=O)c1sc2nc(SCc3ccc(Cl)cc3)n(Cc3ccc(OC)cc3)c(=O)c2c1C. The number of hydrogen-bond acceptors (Lipinski definition) is 7. The van der Waals surface area contributed by atoms with Gasteiger partial charge in [0.2, 0.25) is 0 Å². The standard InChI is InChI=1S/C25H23ClN2O4S2/c1-4-32-24(30)21-15(2)20-22(34-21)27-25(33-14-17-5-9-18(26)10-6-17)28(23(20)29)13-16-7-11-19(31-3)12-8-16/h5-12H,4,13-14H2,1-3H3. The van der Waals surface area contributed by atoms with Crippen molar-refractivity contribution in [3.05, 3.63) is 85.5 Å². The highest BCUT2D eigenvalue weighted by atomic mass is 35.5. The molecule has 4 rings (SSSR count). The van der Waals surface area contributed by atoms with Crippen LogP contribution in [0.5, 0.6) is 5.75 Å². The highest BCUT2D eigenvalue weighted by Gasteiger charge is 2.22. The summed E-state index contributed by atoms with van der Waals surface area (Å²) in [6.45, 7) is 4.14. The molecular formula is C25H23ClN2O4S2. The largest absolute Gasteiger partial charge is 0.497 e. The van der Waals surface area contributed by atoms with Crippen molar-refractivity contribution in [2.24, 2.45) is 0 Å². The van der Waals surface area contributed by atoms with Gasteiger partial charge in [0.15, 0.2) is 5.16 Å². The molecule has 0 bridgehead atoms. The third-order valence-electron chi connectivity index (χ3n) is 5.26. The fourth-order valence-electron chi connectivity index (χ4n) is 3.48. The van der Waals surface area contributed by atoms with Crippen LogP contribution >= 0.6 is 34.7 Å². The number of rotatable bonds is 8. The molecule has 4 aromatic rings. The molecule has 0 N–H and O–H groups in total. The van der Waals surface area contributed by atoms with E-state index in [-0.39, 0.29) is 12.2 Å². The zero-order valence-electron chi connectivity index (χ0n) is 19.0. The normalized spacial score (nSPS) is 11.1. The van der Waals surface area contributed by atoms with E-state index in [1.54, 1.807) is 25.5 Å². The molecule has 0 spiro atoms. The Bertz CT molecular complexity index is 1380. The Balaban J connectivity index is 1.78. The Morgan fingerprint density at radius 1 is 1.12 bits per heavy atom. The molecule has 0 fully saturated rings. The van der Waals surface area contributed by atoms with Crippen molar-refractivity contribution in [3.8, 4) is 5.75 Å². The molecule has 0 aliphatic heterocycles. The van der Waals surface area contributed by atoms with Gasteiger partial charge in [-0.25, -0.2) is 9.78 Å². The van der Waals surface area contributed by atoms with E-state index in [2.05, 4.69) is 0 Å². The molecule has 0 unspecified atom stereocenters. The zero-order valence-corrected chi connectivity index (χ0v) is 21.4. The minimum atomic E-state index is -0.431. The maximum Gasteiger partial charge on any atom is 0.348 e. The smallest absolute Gasteiger partial charge is 0.348 e. The third-order valence-corrected chi connectivity index (χ3v) is 7.72. The Hall–Kier alpha value is -2.81. The molecule has 2 aromatic carbocycles. The first-order valence-electron chi connectivity index (χ1n) is 10.6. The van der Waals surface area contributed by atoms with Gasteiger partial charge in [-0.15, -0.1) is 11.3 Å². The quantitative estimate of drug-likeness (QED) is 0.164. The second kappa shape index (κ2) is 10.6. The lowest BCUT2D eigenvalue weighted by atomic mass is 10.2. The topological polar surface area (TPSA) is 70.4 Å². The number of thioether (sulfide) groups is 1. The van der Waals surface area contributed by atoms with Gasteiger partial charge in [0, 0.05) is 10.8 Å². The Kier molecular flexibility index (Phi) is 7.60. The Morgan fingerprint density at radius 3 is 2.44 bits per heavy atom. The van der Waals surface area contributed by atoms with Gasteiger partial charge < -0.3 is 9.47 Å². The zero-order chi connectivity index (χ0) is 24.2. The van der Waals surface area contributed by atoms with Gasteiger partial charge in [0.1, 0.15) is 15.5 Å². The molecule has 2 aromatic heterocycles. The summed E-state index contributed by atoms with van der Waals surface area (Å²) in [4.78, 5) is 31.9. The van der Waals surface area contributed by atoms with E-state index in [1.165, 1.54) is 23.1 Å². The van der Waals surface area contributed by atoms with Crippen molar-refractivity contribution in [1.29, 1.82) is 0 Å². The number of fused-ring (bicyclic) bond motifs is 1. The summed E-state index contributed by atoms with van der Waals surface area (Å²) < 4.78 is 12.1. The number of aryl methyl sites for hydroxylation is 1. The first-order valence-corrected chi connectivity index (χ1v) is 12.8. The van der Waals surface area contributed by atoms with Gasteiger partial charge in [-0.05, 0) is 54.8 Å². The van der Waals surface area contributed by atoms with Crippen molar-refractivity contribution in [2.75, 3.05) is 13.7 Å². The van der Waals surface area contributed by atoms with Crippen LogP contribution in [0, 0.1) is 6.92 Å². The fourth-order valence-corrected chi connectivity index (χ4v) is 5.68. The molecule has 34 heavy (non-hydrogen) atoms. The predicted octanol–water partition coefficient (Wildman–Crippen LogP) is 5.95. The average molecular weight is 515 g/mol. The molecule has 6 nitrogen and oxygen atoms in total. The molecule has 0 saturated heterocycles. The van der Waals surface area contributed by atoms with Crippen LogP contribution in [-0.2, 0) is 17.0 Å². The van der Waals surface area contributed by atoms with Crippen molar-refractivity contribution >= 4 is 50.9 Å². The molecule has 0 atom stereocenters. The number of thiophene rings is 1. The molecular weight excluding hydrogens is 492 g/mol. The fraction of sp³-hybridized carbons (Fsp3) is 0.240. The highest BCUT2D eigenvalue weighted by Crippen LogP contribution is 2.31. The van der Waals surface area contributed by atoms with Crippen molar-refractivity contribution in [2.45, 2.75) is 31.3 Å². The number of carbonyl (C=O) groups excluding carboxylic acids is 1. The van der Waals surface area contributed by atoms with Crippen LogP contribution in [0.1, 0.15) is 33.3 Å². The second-order valence-electron chi connectivity index (χ2n) is 7.51. The van der Waals surface area contributed by atoms with Crippen LogP contribution < -0.4 is 10.3 Å². The number of carbonyl (C=O) groups is 1. The van der Waals surface area contributed by atoms with E-state index in [0.29, 0.717) is 43.1 Å². The summed E-state index contributed by atoms with van der Waals surface area (Å²) >= 11 is 8.68. The summed E-state index contributed by atoms with van der Waals surface area (Å²) in [6.07, 6.45) is 0. The summed E-state index contributed by atoms with van der Waals surface area (Å²) in [6, 6.07) is 15.2. The van der Waals surface area contributed by atoms with E-state index >= 15 is 0 Å². The molecule has 2 heterocycles. The van der Waals surface area contributed by atoms with E-state index in [0.717, 1.165) is 16.9 Å². The minimum absolute atomic E-state index is 0.177. The minimum Gasteiger partial charge on any atom is -0.497 e. The predicted molar refractivity (Wildman–Crippen MR) is 138 cm³/mol. The summed E-state index contributed by atoms with van der Waals surface area (Å²) in [5.74, 6) is 0.932. The molecule has 0 radical (unpaired) electrons. The number of halogens is 1. The molecule has 9 heteroatoms. The maximum absolute atomic E-state index is 13.7. The molecule has 0 aliphatic rings. The molecule has 0 amide bonds. The van der Waals surface area contributed by atoms with Gasteiger partial charge >= 0.3 is 5.97 Å². The van der Waals surface area contributed by atoms with Crippen LogP contribution in [0.25, 0.3) is 10.2 Å². The van der Waals surface area contributed by atoms with Crippen molar-refractivity contribution < 1.29 is 14.3 Å². The van der Waals surface area contributed by atoms with Gasteiger partial charge in [0.25, 0.3) is 5.56 Å². The lowest BCUT2D eigenvalue weighted by Crippen LogP contribution is -2.24. The van der Waals surface area contributed by atoms with Crippen LogP contribution in [0.2, 0.25) is 5.02 Å². The maximum atomic E-state index is 13.7. The number of methoxy groups -OCH3 is 1. The van der Waals surface area contributed by atoms with Crippen LogP contribution in [0.3, 0.4) is 0 Å². The monoisotopic (exact) mass is 514 g/mol. The molecule has 0 aliphatic carbocycles. The van der Waals surface area contributed by atoms with E-state index in [9.17, 15) is 9.59 Å². The molecule has 0 saturated carbocycles. The van der Waals surface area contributed by atoms with Gasteiger partial charge in [-0.3, -0.25) is 9.36 Å². The van der Waals surface area contributed by atoms with Gasteiger partial charge in [0.05, 0.1) is 25.6 Å². The highest BCUT2D eigenvalue weighted by molar-refractivity contribution is 7.98. The number of hydrogen-bond donors (Lipinski definition) is 0. The Labute approximate surface area is 210 Å². The van der Waals surface area contributed by atoms with Crippen LogP contribution in [0.15, 0.2) is 58.5 Å². The molecule has 176 valence electrons. The third kappa shape index (κ3) is 5.14. The first-order chi connectivity index (χ1) is 16.4.